The summed E-state index contributed by atoms with van der Waals surface area (Å²) in [5, 5.41) is 27.3. The Bertz CT molecular complexity index is 794. The minimum Gasteiger partial charge on any atom is -0.394 e. The van der Waals surface area contributed by atoms with Crippen molar-refractivity contribution in [3.63, 3.8) is 0 Å². The van der Waals surface area contributed by atoms with Crippen molar-refractivity contribution in [2.75, 3.05) is 11.9 Å². The molecule has 0 aromatic heterocycles. The highest BCUT2D eigenvalue weighted by atomic mass is 35.5. The number of carbonyl (C=O) groups excluding carboxylic acids is 1. The predicted octanol–water partition coefficient (Wildman–Crippen LogP) is 3.53. The number of halogens is 1. The van der Waals surface area contributed by atoms with Crippen LogP contribution in [0.15, 0.2) is 42.5 Å². The summed E-state index contributed by atoms with van der Waals surface area (Å²) in [6, 6.07) is 10.4. The van der Waals surface area contributed by atoms with Crippen molar-refractivity contribution in [3.05, 3.63) is 68.7 Å². The molecule has 1 unspecified atom stereocenters. The smallest absolute Gasteiger partial charge is 0.293 e. The number of anilines is 1. The zero-order chi connectivity index (χ0) is 19.3. The fourth-order valence-electron chi connectivity index (χ4n) is 2.41. The Morgan fingerprint density at radius 3 is 2.42 bits per heavy atom. The summed E-state index contributed by atoms with van der Waals surface area (Å²) in [6.07, 6.45) is 0. The van der Waals surface area contributed by atoms with Crippen LogP contribution >= 0.6 is 11.6 Å². The minimum atomic E-state index is -0.565. The Labute approximate surface area is 156 Å². The molecule has 3 N–H and O–H groups in total. The molecule has 8 heteroatoms. The SMILES string of the molecule is CC(C)NC(=O)c1ccc(NC(CO)c2ccc(Cl)cc2)c([N+](=O)[O-])c1. The summed E-state index contributed by atoms with van der Waals surface area (Å²) in [5.74, 6) is -0.383. The number of carbonyl (C=O) groups is 1. The summed E-state index contributed by atoms with van der Waals surface area (Å²) in [5.41, 5.74) is 0.898. The number of nitro benzene ring substituents is 1. The number of aliphatic hydroxyl groups excluding tert-OH is 1. The van der Waals surface area contributed by atoms with Gasteiger partial charge in [-0.3, -0.25) is 14.9 Å². The first kappa shape index (κ1) is 19.7. The molecule has 26 heavy (non-hydrogen) atoms. The van der Waals surface area contributed by atoms with Crippen molar-refractivity contribution >= 4 is 28.9 Å². The van der Waals surface area contributed by atoms with Crippen molar-refractivity contribution in [2.45, 2.75) is 25.9 Å². The van der Waals surface area contributed by atoms with Crippen molar-refractivity contribution in [1.82, 2.24) is 5.32 Å². The van der Waals surface area contributed by atoms with Gasteiger partial charge in [-0.05, 0) is 43.7 Å². The van der Waals surface area contributed by atoms with Crippen LogP contribution in [-0.2, 0) is 0 Å². The fraction of sp³-hybridized carbons (Fsp3) is 0.278. The number of nitrogens with zero attached hydrogens (tertiary/aromatic N) is 1. The molecule has 0 fully saturated rings. The lowest BCUT2D eigenvalue weighted by atomic mass is 10.1. The van der Waals surface area contributed by atoms with Gasteiger partial charge in [-0.15, -0.1) is 0 Å². The molecule has 0 saturated heterocycles. The molecule has 0 spiro atoms. The van der Waals surface area contributed by atoms with E-state index in [4.69, 9.17) is 11.6 Å². The van der Waals surface area contributed by atoms with E-state index in [2.05, 4.69) is 10.6 Å². The lowest BCUT2D eigenvalue weighted by Crippen LogP contribution is -2.30. The van der Waals surface area contributed by atoms with Crippen molar-refractivity contribution < 1.29 is 14.8 Å². The maximum atomic E-state index is 12.1. The topological polar surface area (TPSA) is 104 Å². The van der Waals surface area contributed by atoms with E-state index in [0.717, 1.165) is 5.56 Å². The van der Waals surface area contributed by atoms with Crippen LogP contribution in [-0.4, -0.2) is 28.6 Å². The molecule has 0 aliphatic heterocycles. The van der Waals surface area contributed by atoms with Crippen LogP contribution in [0.2, 0.25) is 5.02 Å². The largest absolute Gasteiger partial charge is 0.394 e. The van der Waals surface area contributed by atoms with Crippen LogP contribution in [0.3, 0.4) is 0 Å². The first-order valence-electron chi connectivity index (χ1n) is 8.04. The molecule has 7 nitrogen and oxygen atoms in total. The molecule has 0 aliphatic carbocycles. The summed E-state index contributed by atoms with van der Waals surface area (Å²) in [6.45, 7) is 3.34. The molecular weight excluding hydrogens is 358 g/mol. The molecule has 0 heterocycles. The van der Waals surface area contributed by atoms with Crippen LogP contribution in [0.5, 0.6) is 0 Å². The zero-order valence-electron chi connectivity index (χ0n) is 14.4. The van der Waals surface area contributed by atoms with E-state index in [-0.39, 0.29) is 35.5 Å². The number of hydrogen-bond acceptors (Lipinski definition) is 5. The van der Waals surface area contributed by atoms with E-state index in [1.54, 1.807) is 38.1 Å². The fourth-order valence-corrected chi connectivity index (χ4v) is 2.53. The van der Waals surface area contributed by atoms with Crippen LogP contribution < -0.4 is 10.6 Å². The molecule has 0 radical (unpaired) electrons. The second-order valence-corrected chi connectivity index (χ2v) is 6.48. The summed E-state index contributed by atoms with van der Waals surface area (Å²) >= 11 is 5.86. The number of rotatable bonds is 7. The highest BCUT2D eigenvalue weighted by Crippen LogP contribution is 2.29. The number of amides is 1. The third kappa shape index (κ3) is 4.93. The molecule has 138 valence electrons. The standard InChI is InChI=1S/C18H20ClN3O4/c1-11(2)20-18(24)13-5-8-15(17(9-13)22(25)26)21-16(10-23)12-3-6-14(19)7-4-12/h3-9,11,16,21,23H,10H2,1-2H3,(H,20,24). The molecule has 2 aromatic carbocycles. The van der Waals surface area contributed by atoms with Crippen LogP contribution in [0.4, 0.5) is 11.4 Å². The monoisotopic (exact) mass is 377 g/mol. The van der Waals surface area contributed by atoms with E-state index in [0.29, 0.717) is 5.02 Å². The second kappa shape index (κ2) is 8.64. The average Bonchev–Trinajstić information content (AvgIpc) is 2.59. The third-order valence-electron chi connectivity index (χ3n) is 3.66. The van der Waals surface area contributed by atoms with Gasteiger partial charge in [0.05, 0.1) is 17.6 Å². The Balaban J connectivity index is 2.31. The lowest BCUT2D eigenvalue weighted by molar-refractivity contribution is -0.384. The van der Waals surface area contributed by atoms with Crippen molar-refractivity contribution in [3.8, 4) is 0 Å². The van der Waals surface area contributed by atoms with Crippen LogP contribution in [0.1, 0.15) is 35.8 Å². The molecular formula is C18H20ClN3O4. The Morgan fingerprint density at radius 1 is 1.23 bits per heavy atom. The number of nitro groups is 1. The normalized spacial score (nSPS) is 11.9. The zero-order valence-corrected chi connectivity index (χ0v) is 15.2. The van der Waals surface area contributed by atoms with Crippen LogP contribution in [0.25, 0.3) is 0 Å². The maximum absolute atomic E-state index is 12.1. The van der Waals surface area contributed by atoms with Crippen molar-refractivity contribution in [2.24, 2.45) is 0 Å². The molecule has 2 rings (SSSR count). The first-order chi connectivity index (χ1) is 12.3. The molecule has 1 atom stereocenters. The number of benzene rings is 2. The predicted molar refractivity (Wildman–Crippen MR) is 101 cm³/mol. The Morgan fingerprint density at radius 2 is 1.88 bits per heavy atom. The van der Waals surface area contributed by atoms with Gasteiger partial charge in [-0.1, -0.05) is 23.7 Å². The summed E-state index contributed by atoms with van der Waals surface area (Å²) < 4.78 is 0. The first-order valence-corrected chi connectivity index (χ1v) is 8.41. The van der Waals surface area contributed by atoms with E-state index >= 15 is 0 Å². The van der Waals surface area contributed by atoms with E-state index in [1.165, 1.54) is 18.2 Å². The molecule has 0 bridgehead atoms. The number of nitrogens with one attached hydrogen (secondary N) is 2. The van der Waals surface area contributed by atoms with Crippen molar-refractivity contribution in [1.29, 1.82) is 0 Å². The van der Waals surface area contributed by atoms with Gasteiger partial charge in [0, 0.05) is 22.7 Å². The third-order valence-corrected chi connectivity index (χ3v) is 3.91. The highest BCUT2D eigenvalue weighted by Gasteiger charge is 2.21. The summed E-state index contributed by atoms with van der Waals surface area (Å²) in [7, 11) is 0. The van der Waals surface area contributed by atoms with Gasteiger partial charge in [0.15, 0.2) is 0 Å². The number of aliphatic hydroxyl groups is 1. The highest BCUT2D eigenvalue weighted by molar-refractivity contribution is 6.30. The molecule has 2 aromatic rings. The average molecular weight is 378 g/mol. The van der Waals surface area contributed by atoms with Gasteiger partial charge in [0.25, 0.3) is 11.6 Å². The Hall–Kier alpha value is -2.64. The van der Waals surface area contributed by atoms with Gasteiger partial charge in [-0.25, -0.2) is 0 Å². The second-order valence-electron chi connectivity index (χ2n) is 6.05. The molecule has 1 amide bonds. The minimum absolute atomic E-state index is 0.0805. The molecule has 0 saturated carbocycles. The van der Waals surface area contributed by atoms with Gasteiger partial charge >= 0.3 is 0 Å². The van der Waals surface area contributed by atoms with E-state index < -0.39 is 11.0 Å². The quantitative estimate of drug-likeness (QED) is 0.505. The van der Waals surface area contributed by atoms with E-state index in [9.17, 15) is 20.0 Å². The van der Waals surface area contributed by atoms with Gasteiger partial charge < -0.3 is 15.7 Å². The summed E-state index contributed by atoms with van der Waals surface area (Å²) in [4.78, 5) is 22.9. The van der Waals surface area contributed by atoms with E-state index in [1.807, 2.05) is 0 Å². The molecule has 0 aliphatic rings. The van der Waals surface area contributed by atoms with Gasteiger partial charge in [-0.2, -0.15) is 0 Å². The van der Waals surface area contributed by atoms with Gasteiger partial charge in [0.1, 0.15) is 5.69 Å². The van der Waals surface area contributed by atoms with Crippen LogP contribution in [0, 0.1) is 10.1 Å². The lowest BCUT2D eigenvalue weighted by Gasteiger charge is -2.18. The Kier molecular flexibility index (Phi) is 6.54. The maximum Gasteiger partial charge on any atom is 0.293 e. The number of hydrogen-bond donors (Lipinski definition) is 3. The van der Waals surface area contributed by atoms with Gasteiger partial charge in [0.2, 0.25) is 0 Å².